The smallest absolute Gasteiger partial charge is 0.118 e. The van der Waals surface area contributed by atoms with Crippen molar-refractivity contribution in [3.63, 3.8) is 0 Å². The molecule has 0 saturated heterocycles. The summed E-state index contributed by atoms with van der Waals surface area (Å²) in [6, 6.07) is 8.14. The molecular weight excluding hydrogens is 280 g/mol. The molecule has 3 nitrogen and oxygen atoms in total. The maximum atomic E-state index is 6.29. The average Bonchev–Trinajstić information content (AvgIpc) is 2.84. The Labute approximate surface area is 131 Å². The van der Waals surface area contributed by atoms with Crippen molar-refractivity contribution in [2.75, 3.05) is 7.11 Å². The number of nitrogens with zero attached hydrogens (tertiary/aromatic N) is 1. The maximum absolute atomic E-state index is 6.29. The number of ether oxygens (including phenoxy) is 1. The van der Waals surface area contributed by atoms with Crippen molar-refractivity contribution in [1.82, 2.24) is 4.98 Å². The molecule has 1 aromatic heterocycles. The summed E-state index contributed by atoms with van der Waals surface area (Å²) in [6.07, 6.45) is 0.838. The molecule has 0 aliphatic carbocycles. The Kier molecular flexibility index (Phi) is 4.69. The topological polar surface area (TPSA) is 48.1 Å². The molecule has 0 aliphatic heterocycles. The van der Waals surface area contributed by atoms with Crippen LogP contribution < -0.4 is 10.5 Å². The normalized spacial score (nSPS) is 12.0. The summed E-state index contributed by atoms with van der Waals surface area (Å²) in [7, 11) is 1.68. The fraction of sp³-hybridized carbons (Fsp3) is 0.471. The van der Waals surface area contributed by atoms with Gasteiger partial charge in [-0.25, -0.2) is 4.98 Å². The highest BCUT2D eigenvalue weighted by Gasteiger charge is 2.24. The first-order valence-corrected chi connectivity index (χ1v) is 8.04. The van der Waals surface area contributed by atoms with Gasteiger partial charge in [-0.2, -0.15) is 0 Å². The van der Waals surface area contributed by atoms with E-state index in [9.17, 15) is 0 Å². The van der Waals surface area contributed by atoms with E-state index in [1.54, 1.807) is 18.4 Å². The second kappa shape index (κ2) is 6.16. The predicted octanol–water partition coefficient (Wildman–Crippen LogP) is 4.06. The Bertz CT molecular complexity index is 594. The average molecular weight is 304 g/mol. The van der Waals surface area contributed by atoms with Crippen LogP contribution in [-0.2, 0) is 12.0 Å². The molecule has 0 spiro atoms. The molecule has 21 heavy (non-hydrogen) atoms. The first-order valence-electron chi connectivity index (χ1n) is 7.23. The van der Waals surface area contributed by atoms with Crippen molar-refractivity contribution in [1.29, 1.82) is 0 Å². The molecule has 0 aliphatic rings. The van der Waals surface area contributed by atoms with Crippen LogP contribution in [0.15, 0.2) is 24.3 Å². The standard InChI is InChI=1S/C17H24N2OS/c1-11(2)15-16(17(3,4)18)21-14(19-15)10-12-6-8-13(20-5)9-7-12/h6-9,11H,10,18H2,1-5H3. The Balaban J connectivity index is 2.28. The number of thiazole rings is 1. The summed E-state index contributed by atoms with van der Waals surface area (Å²) in [4.78, 5) is 6.02. The van der Waals surface area contributed by atoms with E-state index in [2.05, 4.69) is 26.0 Å². The minimum atomic E-state index is -0.338. The van der Waals surface area contributed by atoms with Crippen molar-refractivity contribution in [2.45, 2.75) is 45.6 Å². The quantitative estimate of drug-likeness (QED) is 0.906. The molecular formula is C17H24N2OS. The van der Waals surface area contributed by atoms with Gasteiger partial charge >= 0.3 is 0 Å². The van der Waals surface area contributed by atoms with E-state index < -0.39 is 0 Å². The lowest BCUT2D eigenvalue weighted by Gasteiger charge is -2.19. The molecule has 1 heterocycles. The van der Waals surface area contributed by atoms with E-state index in [-0.39, 0.29) is 5.54 Å². The number of aromatic nitrogens is 1. The predicted molar refractivity (Wildman–Crippen MR) is 89.2 cm³/mol. The second-order valence-corrected chi connectivity index (χ2v) is 7.31. The summed E-state index contributed by atoms with van der Waals surface area (Å²) in [5, 5.41) is 1.12. The van der Waals surface area contributed by atoms with Gasteiger partial charge in [0.2, 0.25) is 0 Å². The Morgan fingerprint density at radius 2 is 1.86 bits per heavy atom. The minimum Gasteiger partial charge on any atom is -0.497 e. The molecule has 1 aromatic carbocycles. The van der Waals surface area contributed by atoms with Crippen molar-refractivity contribution < 1.29 is 4.74 Å². The largest absolute Gasteiger partial charge is 0.497 e. The molecule has 2 N–H and O–H groups in total. The van der Waals surface area contributed by atoms with Gasteiger partial charge in [-0.3, -0.25) is 0 Å². The van der Waals surface area contributed by atoms with Gasteiger partial charge in [0, 0.05) is 16.8 Å². The zero-order valence-electron chi connectivity index (χ0n) is 13.4. The molecule has 2 aromatic rings. The van der Waals surface area contributed by atoms with Crippen LogP contribution in [0.2, 0.25) is 0 Å². The monoisotopic (exact) mass is 304 g/mol. The first-order chi connectivity index (χ1) is 9.81. The van der Waals surface area contributed by atoms with E-state index in [0.29, 0.717) is 5.92 Å². The molecule has 2 rings (SSSR count). The third-order valence-corrected chi connectivity index (χ3v) is 4.75. The molecule has 0 amide bonds. The van der Waals surface area contributed by atoms with Gasteiger partial charge in [0.25, 0.3) is 0 Å². The minimum absolute atomic E-state index is 0.338. The van der Waals surface area contributed by atoms with Gasteiger partial charge < -0.3 is 10.5 Å². The number of hydrogen-bond donors (Lipinski definition) is 1. The Hall–Kier alpha value is -1.39. The molecule has 4 heteroatoms. The molecule has 0 radical (unpaired) electrons. The van der Waals surface area contributed by atoms with Gasteiger partial charge in [-0.1, -0.05) is 26.0 Å². The first kappa shape index (κ1) is 16.0. The number of rotatable bonds is 5. The lowest BCUT2D eigenvalue weighted by Crippen LogP contribution is -2.28. The van der Waals surface area contributed by atoms with Gasteiger partial charge in [-0.15, -0.1) is 11.3 Å². The van der Waals surface area contributed by atoms with Crippen LogP contribution in [0, 0.1) is 0 Å². The maximum Gasteiger partial charge on any atom is 0.118 e. The summed E-state index contributed by atoms with van der Waals surface area (Å²) in [6.45, 7) is 8.43. The fourth-order valence-electron chi connectivity index (χ4n) is 2.22. The van der Waals surface area contributed by atoms with Crippen LogP contribution in [0.1, 0.15) is 54.8 Å². The third kappa shape index (κ3) is 3.83. The molecule has 0 bridgehead atoms. The highest BCUT2D eigenvalue weighted by Crippen LogP contribution is 2.33. The summed E-state index contributed by atoms with van der Waals surface area (Å²) < 4.78 is 5.19. The molecule has 114 valence electrons. The van der Waals surface area contributed by atoms with Crippen LogP contribution in [0.25, 0.3) is 0 Å². The van der Waals surface area contributed by atoms with Crippen LogP contribution in [0.4, 0.5) is 0 Å². The SMILES string of the molecule is COc1ccc(Cc2nc(C(C)C)c(C(C)(C)N)s2)cc1. The third-order valence-electron chi connectivity index (χ3n) is 3.34. The van der Waals surface area contributed by atoms with Crippen LogP contribution in [0.3, 0.4) is 0 Å². The summed E-state index contributed by atoms with van der Waals surface area (Å²) in [5.41, 5.74) is 8.33. The number of benzene rings is 1. The summed E-state index contributed by atoms with van der Waals surface area (Å²) in [5.74, 6) is 1.27. The van der Waals surface area contributed by atoms with E-state index in [1.165, 1.54) is 10.4 Å². The second-order valence-electron chi connectivity index (χ2n) is 6.22. The van der Waals surface area contributed by atoms with Crippen molar-refractivity contribution in [3.05, 3.63) is 45.4 Å². The number of methoxy groups -OCH3 is 1. The van der Waals surface area contributed by atoms with Gasteiger partial charge in [0.1, 0.15) is 5.75 Å². The van der Waals surface area contributed by atoms with Gasteiger partial charge in [0.15, 0.2) is 0 Å². The van der Waals surface area contributed by atoms with Crippen molar-refractivity contribution >= 4 is 11.3 Å². The van der Waals surface area contributed by atoms with Crippen LogP contribution in [0.5, 0.6) is 5.75 Å². The van der Waals surface area contributed by atoms with E-state index in [1.807, 2.05) is 26.0 Å². The van der Waals surface area contributed by atoms with E-state index in [0.717, 1.165) is 22.9 Å². The molecule has 0 saturated carbocycles. The highest BCUT2D eigenvalue weighted by molar-refractivity contribution is 7.12. The van der Waals surface area contributed by atoms with E-state index in [4.69, 9.17) is 15.5 Å². The lowest BCUT2D eigenvalue weighted by atomic mass is 9.98. The highest BCUT2D eigenvalue weighted by atomic mass is 32.1. The molecule has 0 unspecified atom stereocenters. The van der Waals surface area contributed by atoms with E-state index >= 15 is 0 Å². The number of nitrogens with two attached hydrogens (primary N) is 1. The van der Waals surface area contributed by atoms with Gasteiger partial charge in [0.05, 0.1) is 17.8 Å². The Morgan fingerprint density at radius 3 is 2.29 bits per heavy atom. The van der Waals surface area contributed by atoms with Crippen molar-refractivity contribution in [2.24, 2.45) is 5.73 Å². The van der Waals surface area contributed by atoms with Crippen molar-refractivity contribution in [3.8, 4) is 5.75 Å². The zero-order chi connectivity index (χ0) is 15.6. The zero-order valence-corrected chi connectivity index (χ0v) is 14.3. The van der Waals surface area contributed by atoms with Gasteiger partial charge in [-0.05, 0) is 37.5 Å². The summed E-state index contributed by atoms with van der Waals surface area (Å²) >= 11 is 1.73. The fourth-order valence-corrected chi connectivity index (χ4v) is 3.49. The molecule has 0 fully saturated rings. The number of hydrogen-bond acceptors (Lipinski definition) is 4. The molecule has 0 atom stereocenters. The lowest BCUT2D eigenvalue weighted by molar-refractivity contribution is 0.414. The Morgan fingerprint density at radius 1 is 1.24 bits per heavy atom. The van der Waals surface area contributed by atoms with Crippen LogP contribution in [-0.4, -0.2) is 12.1 Å². The van der Waals surface area contributed by atoms with Crippen LogP contribution >= 0.6 is 11.3 Å².